The van der Waals surface area contributed by atoms with E-state index in [1.807, 2.05) is 19.1 Å². The number of rotatable bonds is 2. The summed E-state index contributed by atoms with van der Waals surface area (Å²) >= 11 is 0. The average Bonchev–Trinajstić information content (AvgIpc) is 2.70. The van der Waals surface area contributed by atoms with Gasteiger partial charge in [-0.1, -0.05) is 0 Å². The van der Waals surface area contributed by atoms with Crippen molar-refractivity contribution in [3.05, 3.63) is 29.3 Å². The van der Waals surface area contributed by atoms with E-state index in [2.05, 4.69) is 11.0 Å². The molecule has 0 unspecified atom stereocenters. The van der Waals surface area contributed by atoms with Crippen molar-refractivity contribution in [3.8, 4) is 0 Å². The van der Waals surface area contributed by atoms with Crippen LogP contribution in [0.3, 0.4) is 0 Å². The molecule has 1 aromatic carbocycles. The number of benzene rings is 1. The predicted molar refractivity (Wildman–Crippen MR) is 58.0 cm³/mol. The lowest BCUT2D eigenvalue weighted by molar-refractivity contribution is 0.112. The van der Waals surface area contributed by atoms with E-state index in [9.17, 15) is 4.79 Å². The zero-order chi connectivity index (χ0) is 9.97. The van der Waals surface area contributed by atoms with Gasteiger partial charge in [0.15, 0.2) is 0 Å². The molecule has 0 spiro atoms. The minimum Gasteiger partial charge on any atom is -0.372 e. The van der Waals surface area contributed by atoms with Gasteiger partial charge in [0.25, 0.3) is 0 Å². The van der Waals surface area contributed by atoms with Gasteiger partial charge in [-0.2, -0.15) is 0 Å². The van der Waals surface area contributed by atoms with E-state index in [0.717, 1.165) is 30.5 Å². The summed E-state index contributed by atoms with van der Waals surface area (Å²) in [5.74, 6) is 0. The number of hydrogen-bond acceptors (Lipinski definition) is 2. The van der Waals surface area contributed by atoms with Crippen LogP contribution < -0.4 is 4.90 Å². The van der Waals surface area contributed by atoms with E-state index in [-0.39, 0.29) is 0 Å². The minimum absolute atomic E-state index is 0.799. The van der Waals surface area contributed by atoms with Crippen molar-refractivity contribution in [2.24, 2.45) is 0 Å². The molecule has 2 heteroatoms. The molecule has 14 heavy (non-hydrogen) atoms. The van der Waals surface area contributed by atoms with Gasteiger partial charge in [0.2, 0.25) is 0 Å². The molecule has 0 saturated carbocycles. The summed E-state index contributed by atoms with van der Waals surface area (Å²) in [7, 11) is 0. The summed E-state index contributed by atoms with van der Waals surface area (Å²) in [5, 5.41) is 0. The second-order valence-corrected chi connectivity index (χ2v) is 3.85. The Kier molecular flexibility index (Phi) is 2.53. The Morgan fingerprint density at radius 2 is 2.00 bits per heavy atom. The Hall–Kier alpha value is -1.31. The fourth-order valence-electron chi connectivity index (χ4n) is 1.96. The minimum atomic E-state index is 0.799. The largest absolute Gasteiger partial charge is 0.372 e. The van der Waals surface area contributed by atoms with Crippen LogP contribution in [0.5, 0.6) is 0 Å². The second kappa shape index (κ2) is 3.82. The van der Waals surface area contributed by atoms with Crippen LogP contribution in [0.25, 0.3) is 0 Å². The Morgan fingerprint density at radius 1 is 1.29 bits per heavy atom. The van der Waals surface area contributed by atoms with Gasteiger partial charge < -0.3 is 4.90 Å². The standard InChI is InChI=1S/C12H15NO/c1-10-8-12(5-4-11(10)9-14)13-6-2-3-7-13/h4-5,8-9H,2-3,6-7H2,1H3. The number of hydrogen-bond donors (Lipinski definition) is 0. The topological polar surface area (TPSA) is 20.3 Å². The Balaban J connectivity index is 2.27. The maximum Gasteiger partial charge on any atom is 0.150 e. The van der Waals surface area contributed by atoms with Crippen molar-refractivity contribution >= 4 is 12.0 Å². The summed E-state index contributed by atoms with van der Waals surface area (Å²) in [6.45, 7) is 4.29. The first-order valence-corrected chi connectivity index (χ1v) is 5.12. The third-order valence-electron chi connectivity index (χ3n) is 2.85. The lowest BCUT2D eigenvalue weighted by Crippen LogP contribution is -2.17. The van der Waals surface area contributed by atoms with Crippen LogP contribution in [-0.4, -0.2) is 19.4 Å². The first-order valence-electron chi connectivity index (χ1n) is 5.12. The van der Waals surface area contributed by atoms with Gasteiger partial charge in [0, 0.05) is 24.3 Å². The monoisotopic (exact) mass is 189 g/mol. The van der Waals surface area contributed by atoms with Gasteiger partial charge in [-0.3, -0.25) is 4.79 Å². The van der Waals surface area contributed by atoms with Crippen LogP contribution in [0, 0.1) is 6.92 Å². The first-order chi connectivity index (χ1) is 6.81. The predicted octanol–water partition coefficient (Wildman–Crippen LogP) is 2.41. The SMILES string of the molecule is Cc1cc(N2CCCC2)ccc1C=O. The molecule has 1 saturated heterocycles. The lowest BCUT2D eigenvalue weighted by Gasteiger charge is -2.18. The van der Waals surface area contributed by atoms with Gasteiger partial charge in [0.1, 0.15) is 6.29 Å². The molecule has 1 fully saturated rings. The van der Waals surface area contributed by atoms with Gasteiger partial charge >= 0.3 is 0 Å². The van der Waals surface area contributed by atoms with E-state index in [0.29, 0.717) is 0 Å². The molecule has 0 amide bonds. The number of aldehydes is 1. The fourth-order valence-corrected chi connectivity index (χ4v) is 1.96. The third kappa shape index (κ3) is 1.65. The van der Waals surface area contributed by atoms with E-state index in [4.69, 9.17) is 0 Å². The molecule has 0 N–H and O–H groups in total. The van der Waals surface area contributed by atoms with Crippen molar-refractivity contribution in [1.29, 1.82) is 0 Å². The molecule has 1 aromatic rings. The number of aryl methyl sites for hydroxylation is 1. The van der Waals surface area contributed by atoms with Crippen molar-refractivity contribution in [2.75, 3.05) is 18.0 Å². The van der Waals surface area contributed by atoms with E-state index in [1.54, 1.807) is 0 Å². The number of anilines is 1. The van der Waals surface area contributed by atoms with Crippen LogP contribution in [0.15, 0.2) is 18.2 Å². The van der Waals surface area contributed by atoms with Crippen LogP contribution in [0.1, 0.15) is 28.8 Å². The van der Waals surface area contributed by atoms with Crippen molar-refractivity contribution in [2.45, 2.75) is 19.8 Å². The van der Waals surface area contributed by atoms with E-state index in [1.165, 1.54) is 18.5 Å². The fraction of sp³-hybridized carbons (Fsp3) is 0.417. The smallest absolute Gasteiger partial charge is 0.150 e. The van der Waals surface area contributed by atoms with Gasteiger partial charge in [0.05, 0.1) is 0 Å². The number of nitrogens with zero attached hydrogens (tertiary/aromatic N) is 1. The van der Waals surface area contributed by atoms with Crippen LogP contribution in [0.2, 0.25) is 0 Å². The van der Waals surface area contributed by atoms with Gasteiger partial charge in [-0.15, -0.1) is 0 Å². The second-order valence-electron chi connectivity index (χ2n) is 3.85. The molecule has 1 heterocycles. The van der Waals surface area contributed by atoms with Crippen molar-refractivity contribution in [3.63, 3.8) is 0 Å². The molecule has 0 bridgehead atoms. The third-order valence-corrected chi connectivity index (χ3v) is 2.85. The summed E-state index contributed by atoms with van der Waals surface area (Å²) in [4.78, 5) is 13.0. The van der Waals surface area contributed by atoms with E-state index < -0.39 is 0 Å². The zero-order valence-electron chi connectivity index (χ0n) is 8.49. The zero-order valence-corrected chi connectivity index (χ0v) is 8.49. The number of carbonyl (C=O) groups excluding carboxylic acids is 1. The average molecular weight is 189 g/mol. The highest BCUT2D eigenvalue weighted by molar-refractivity contribution is 5.78. The molecule has 1 aliphatic rings. The van der Waals surface area contributed by atoms with Gasteiger partial charge in [-0.05, 0) is 43.5 Å². The maximum absolute atomic E-state index is 10.6. The maximum atomic E-state index is 10.6. The summed E-state index contributed by atoms with van der Waals surface area (Å²) in [5.41, 5.74) is 3.13. The van der Waals surface area contributed by atoms with Crippen LogP contribution >= 0.6 is 0 Å². The highest BCUT2D eigenvalue weighted by atomic mass is 16.1. The molecule has 2 rings (SSSR count). The van der Waals surface area contributed by atoms with E-state index >= 15 is 0 Å². The quantitative estimate of drug-likeness (QED) is 0.666. The summed E-state index contributed by atoms with van der Waals surface area (Å²) in [6.07, 6.45) is 3.49. The molecular formula is C12H15NO. The molecule has 74 valence electrons. The Bertz CT molecular complexity index is 340. The molecule has 0 aromatic heterocycles. The van der Waals surface area contributed by atoms with Crippen molar-refractivity contribution in [1.82, 2.24) is 0 Å². The van der Waals surface area contributed by atoms with Crippen molar-refractivity contribution < 1.29 is 4.79 Å². The summed E-state index contributed by atoms with van der Waals surface area (Å²) in [6, 6.07) is 6.06. The van der Waals surface area contributed by atoms with Crippen LogP contribution in [0.4, 0.5) is 5.69 Å². The highest BCUT2D eigenvalue weighted by Crippen LogP contribution is 2.22. The molecule has 0 radical (unpaired) electrons. The molecule has 1 aliphatic heterocycles. The molecular weight excluding hydrogens is 174 g/mol. The lowest BCUT2D eigenvalue weighted by atomic mass is 10.1. The summed E-state index contributed by atoms with van der Waals surface area (Å²) < 4.78 is 0. The van der Waals surface area contributed by atoms with Crippen LogP contribution in [-0.2, 0) is 0 Å². The molecule has 2 nitrogen and oxygen atoms in total. The molecule has 0 aliphatic carbocycles. The Labute approximate surface area is 84.5 Å². The number of carbonyl (C=O) groups is 1. The Morgan fingerprint density at radius 3 is 2.57 bits per heavy atom. The first kappa shape index (κ1) is 9.25. The highest BCUT2D eigenvalue weighted by Gasteiger charge is 2.12. The normalized spacial score (nSPS) is 15.9. The van der Waals surface area contributed by atoms with Gasteiger partial charge in [-0.25, -0.2) is 0 Å². The molecule has 0 atom stereocenters.